The average molecular weight is 299 g/mol. The second-order valence-electron chi connectivity index (χ2n) is 4.91. The molecule has 0 aromatic heterocycles. The van der Waals surface area contributed by atoms with Crippen molar-refractivity contribution in [2.75, 3.05) is 0 Å². The summed E-state index contributed by atoms with van der Waals surface area (Å²) in [6.07, 6.45) is 0.242. The minimum absolute atomic E-state index is 0.0252. The number of fused-ring (bicyclic) bond motifs is 1. The highest BCUT2D eigenvalue weighted by Crippen LogP contribution is 2.19. The van der Waals surface area contributed by atoms with Crippen LogP contribution in [0, 0.1) is 5.82 Å². The third-order valence-corrected chi connectivity index (χ3v) is 3.73. The van der Waals surface area contributed by atoms with Gasteiger partial charge in [-0.25, -0.2) is 4.39 Å². The molecule has 0 saturated carbocycles. The molecule has 3 heteroatoms. The predicted molar refractivity (Wildman–Crippen MR) is 83.4 cm³/mol. The first-order chi connectivity index (χ1) is 10.1. The minimum Gasteiger partial charge on any atom is -0.294 e. The van der Waals surface area contributed by atoms with Gasteiger partial charge in [0.1, 0.15) is 5.82 Å². The van der Waals surface area contributed by atoms with E-state index in [2.05, 4.69) is 0 Å². The zero-order valence-corrected chi connectivity index (χ0v) is 11.9. The first kappa shape index (κ1) is 13.8. The Morgan fingerprint density at radius 2 is 1.71 bits per heavy atom. The molecule has 104 valence electrons. The monoisotopic (exact) mass is 298 g/mol. The van der Waals surface area contributed by atoms with Gasteiger partial charge in [0.25, 0.3) is 0 Å². The van der Waals surface area contributed by atoms with Crippen molar-refractivity contribution in [1.29, 1.82) is 0 Å². The Morgan fingerprint density at radius 1 is 0.952 bits per heavy atom. The van der Waals surface area contributed by atoms with Crippen LogP contribution in [-0.4, -0.2) is 5.78 Å². The number of benzene rings is 3. The number of rotatable bonds is 3. The lowest BCUT2D eigenvalue weighted by atomic mass is 10.0. The van der Waals surface area contributed by atoms with Gasteiger partial charge in [0.15, 0.2) is 5.78 Å². The van der Waals surface area contributed by atoms with Gasteiger partial charge in [-0.15, -0.1) is 0 Å². The first-order valence-electron chi connectivity index (χ1n) is 6.59. The summed E-state index contributed by atoms with van der Waals surface area (Å²) < 4.78 is 13.4. The van der Waals surface area contributed by atoms with Gasteiger partial charge in [0, 0.05) is 12.0 Å². The van der Waals surface area contributed by atoms with Gasteiger partial charge in [-0.05, 0) is 34.5 Å². The molecule has 1 nitrogen and oxygen atoms in total. The molecule has 0 bridgehead atoms. The first-order valence-corrected chi connectivity index (χ1v) is 6.97. The van der Waals surface area contributed by atoms with Crippen LogP contribution in [0.2, 0.25) is 5.02 Å². The second-order valence-corrected chi connectivity index (χ2v) is 5.32. The number of carbonyl (C=O) groups is 1. The van der Waals surface area contributed by atoms with Gasteiger partial charge >= 0.3 is 0 Å². The molecule has 3 aromatic carbocycles. The highest BCUT2D eigenvalue weighted by Gasteiger charge is 2.10. The number of hydrogen-bond donors (Lipinski definition) is 0. The Balaban J connectivity index is 1.87. The molecule has 0 amide bonds. The summed E-state index contributed by atoms with van der Waals surface area (Å²) in [5, 5.41) is 2.24. The highest BCUT2D eigenvalue weighted by molar-refractivity contribution is 6.30. The molecule has 0 aliphatic carbocycles. The summed E-state index contributed by atoms with van der Waals surface area (Å²) in [6.45, 7) is 0. The van der Waals surface area contributed by atoms with Gasteiger partial charge in [0.05, 0.1) is 5.02 Å². The number of ketones is 1. The summed E-state index contributed by atoms with van der Waals surface area (Å²) >= 11 is 5.62. The quantitative estimate of drug-likeness (QED) is 0.618. The standard InChI is InChI=1S/C18H12ClFO/c19-16-8-7-15(11-17(16)20)18(21)10-12-5-6-13-3-1-2-4-14(13)9-12/h1-9,11H,10H2. The van der Waals surface area contributed by atoms with Crippen LogP contribution >= 0.6 is 11.6 Å². The van der Waals surface area contributed by atoms with Gasteiger partial charge in [-0.2, -0.15) is 0 Å². The highest BCUT2D eigenvalue weighted by atomic mass is 35.5. The van der Waals surface area contributed by atoms with Crippen molar-refractivity contribution in [1.82, 2.24) is 0 Å². The second kappa shape index (κ2) is 5.66. The lowest BCUT2D eigenvalue weighted by molar-refractivity contribution is 0.0992. The van der Waals surface area contributed by atoms with E-state index < -0.39 is 5.82 Å². The van der Waals surface area contributed by atoms with Crippen LogP contribution in [-0.2, 0) is 6.42 Å². The SMILES string of the molecule is O=C(Cc1ccc2ccccc2c1)c1ccc(Cl)c(F)c1. The van der Waals surface area contributed by atoms with Crippen molar-refractivity contribution < 1.29 is 9.18 Å². The van der Waals surface area contributed by atoms with Crippen LogP contribution in [0.15, 0.2) is 60.7 Å². The number of hydrogen-bond acceptors (Lipinski definition) is 1. The van der Waals surface area contributed by atoms with E-state index in [0.717, 1.165) is 16.3 Å². The molecule has 0 saturated heterocycles. The zero-order valence-electron chi connectivity index (χ0n) is 11.1. The smallest absolute Gasteiger partial charge is 0.167 e. The number of halogens is 2. The molecule has 0 aliphatic rings. The molecule has 0 aliphatic heterocycles. The molecule has 3 aromatic rings. The molecule has 0 fully saturated rings. The van der Waals surface area contributed by atoms with Crippen molar-refractivity contribution in [2.24, 2.45) is 0 Å². The minimum atomic E-state index is -0.568. The normalized spacial score (nSPS) is 10.8. The molecule has 0 atom stereocenters. The maximum atomic E-state index is 13.4. The fourth-order valence-electron chi connectivity index (χ4n) is 2.31. The zero-order chi connectivity index (χ0) is 14.8. The molecule has 0 spiro atoms. The van der Waals surface area contributed by atoms with Crippen LogP contribution < -0.4 is 0 Å². The van der Waals surface area contributed by atoms with Crippen LogP contribution in [0.5, 0.6) is 0 Å². The van der Waals surface area contributed by atoms with Crippen molar-refractivity contribution in [3.63, 3.8) is 0 Å². The van der Waals surface area contributed by atoms with E-state index in [1.807, 2.05) is 42.5 Å². The van der Waals surface area contributed by atoms with E-state index in [0.29, 0.717) is 5.56 Å². The molecule has 0 heterocycles. The van der Waals surface area contributed by atoms with Gasteiger partial charge in [0.2, 0.25) is 0 Å². The molecule has 0 radical (unpaired) electrons. The lowest BCUT2D eigenvalue weighted by Gasteiger charge is -2.04. The summed E-state index contributed by atoms with van der Waals surface area (Å²) in [6, 6.07) is 18.0. The number of Topliss-reactive ketones (excluding diaryl/α,β-unsaturated/α-hetero) is 1. The summed E-state index contributed by atoms with van der Waals surface area (Å²) in [5.41, 5.74) is 1.25. The maximum absolute atomic E-state index is 13.4. The van der Waals surface area contributed by atoms with E-state index >= 15 is 0 Å². The Bertz CT molecular complexity index is 826. The van der Waals surface area contributed by atoms with Crippen LogP contribution in [0.3, 0.4) is 0 Å². The third-order valence-electron chi connectivity index (χ3n) is 3.42. The number of carbonyl (C=O) groups excluding carboxylic acids is 1. The average Bonchev–Trinajstić information content (AvgIpc) is 2.50. The molecule has 3 rings (SSSR count). The molecule has 0 N–H and O–H groups in total. The van der Waals surface area contributed by atoms with Crippen molar-refractivity contribution in [3.8, 4) is 0 Å². The van der Waals surface area contributed by atoms with E-state index in [-0.39, 0.29) is 17.2 Å². The molecule has 0 unspecified atom stereocenters. The Kier molecular flexibility index (Phi) is 3.72. The van der Waals surface area contributed by atoms with Gasteiger partial charge < -0.3 is 0 Å². The van der Waals surface area contributed by atoms with Gasteiger partial charge in [-0.1, -0.05) is 54.1 Å². The van der Waals surface area contributed by atoms with E-state index in [9.17, 15) is 9.18 Å². The topological polar surface area (TPSA) is 17.1 Å². The predicted octanol–water partition coefficient (Wildman–Crippen LogP) is 5.06. The van der Waals surface area contributed by atoms with Crippen molar-refractivity contribution >= 4 is 28.2 Å². The molecule has 21 heavy (non-hydrogen) atoms. The van der Waals surface area contributed by atoms with E-state index in [1.165, 1.54) is 12.1 Å². The van der Waals surface area contributed by atoms with Crippen molar-refractivity contribution in [3.05, 3.63) is 82.6 Å². The molecular formula is C18H12ClFO. The van der Waals surface area contributed by atoms with Crippen LogP contribution in [0.1, 0.15) is 15.9 Å². The maximum Gasteiger partial charge on any atom is 0.167 e. The Hall–Kier alpha value is -2.19. The fraction of sp³-hybridized carbons (Fsp3) is 0.0556. The van der Waals surface area contributed by atoms with Gasteiger partial charge in [-0.3, -0.25) is 4.79 Å². The third kappa shape index (κ3) is 2.96. The summed E-state index contributed by atoms with van der Waals surface area (Å²) in [4.78, 5) is 12.2. The van der Waals surface area contributed by atoms with E-state index in [1.54, 1.807) is 6.07 Å². The van der Waals surface area contributed by atoms with Crippen LogP contribution in [0.25, 0.3) is 10.8 Å². The van der Waals surface area contributed by atoms with Crippen molar-refractivity contribution in [2.45, 2.75) is 6.42 Å². The summed E-state index contributed by atoms with van der Waals surface area (Å²) in [5.74, 6) is -0.693. The summed E-state index contributed by atoms with van der Waals surface area (Å²) in [7, 11) is 0. The Morgan fingerprint density at radius 3 is 2.48 bits per heavy atom. The lowest BCUT2D eigenvalue weighted by Crippen LogP contribution is -2.04. The van der Waals surface area contributed by atoms with Crippen LogP contribution in [0.4, 0.5) is 4.39 Å². The largest absolute Gasteiger partial charge is 0.294 e. The van der Waals surface area contributed by atoms with E-state index in [4.69, 9.17) is 11.6 Å². The molecular weight excluding hydrogens is 287 g/mol. The Labute approximate surface area is 127 Å². The fourth-order valence-corrected chi connectivity index (χ4v) is 2.42.